The highest BCUT2D eigenvalue weighted by atomic mass is 16.6. The van der Waals surface area contributed by atoms with E-state index in [-0.39, 0.29) is 44.8 Å². The first-order valence-electron chi connectivity index (χ1n) is 18.7. The number of carbonyl (C=O) groups is 5. The summed E-state index contributed by atoms with van der Waals surface area (Å²) in [6, 6.07) is 14.2. The van der Waals surface area contributed by atoms with Crippen molar-refractivity contribution >= 4 is 29.7 Å². The Morgan fingerprint density at radius 3 is 1.98 bits per heavy atom. The van der Waals surface area contributed by atoms with Gasteiger partial charge in [-0.15, -0.1) is 0 Å². The second-order valence-electron chi connectivity index (χ2n) is 14.1. The second kappa shape index (κ2) is 23.5. The minimum atomic E-state index is -1.17. The highest BCUT2D eigenvalue weighted by Gasteiger charge is 2.33. The van der Waals surface area contributed by atoms with Crippen LogP contribution in [0.15, 0.2) is 60.7 Å². The molecule has 0 radical (unpaired) electrons. The average Bonchev–Trinajstić information content (AvgIpc) is 3.15. The Bertz CT molecular complexity index is 1420. The molecule has 3 rings (SSSR count). The van der Waals surface area contributed by atoms with Gasteiger partial charge in [0.1, 0.15) is 18.1 Å². The van der Waals surface area contributed by atoms with E-state index in [0.717, 1.165) is 11.1 Å². The van der Waals surface area contributed by atoms with E-state index in [4.69, 9.17) is 15.6 Å². The molecule has 0 spiro atoms. The summed E-state index contributed by atoms with van der Waals surface area (Å²) in [4.78, 5) is 67.3. The van der Waals surface area contributed by atoms with Crippen LogP contribution in [0.5, 0.6) is 0 Å². The molecular formula is C39H58N6O8. The van der Waals surface area contributed by atoms with Crippen LogP contribution < -0.4 is 32.3 Å². The van der Waals surface area contributed by atoms with E-state index in [1.165, 1.54) is 0 Å². The van der Waals surface area contributed by atoms with Crippen molar-refractivity contribution in [2.45, 2.75) is 95.5 Å². The molecule has 292 valence electrons. The number of unbranched alkanes of at least 4 members (excludes halogenated alkanes) is 1. The van der Waals surface area contributed by atoms with E-state index in [9.17, 15) is 29.1 Å². The Balaban J connectivity index is 1.74. The topological polar surface area (TPSA) is 221 Å². The predicted molar refractivity (Wildman–Crippen MR) is 200 cm³/mol. The summed E-state index contributed by atoms with van der Waals surface area (Å²) in [5.41, 5.74) is 7.91. The van der Waals surface area contributed by atoms with Crippen molar-refractivity contribution in [2.24, 2.45) is 17.6 Å². The lowest BCUT2D eigenvalue weighted by Gasteiger charge is -2.27. The Morgan fingerprint density at radius 2 is 1.38 bits per heavy atom. The van der Waals surface area contributed by atoms with Gasteiger partial charge in [0.2, 0.25) is 17.7 Å². The van der Waals surface area contributed by atoms with Crippen LogP contribution in [0.2, 0.25) is 0 Å². The smallest absolute Gasteiger partial charge is 0.336 e. The minimum absolute atomic E-state index is 0.0419. The lowest BCUT2D eigenvalue weighted by Crippen LogP contribution is -2.58. The number of amides is 3. The van der Waals surface area contributed by atoms with Gasteiger partial charge in [-0.1, -0.05) is 74.5 Å². The molecule has 0 bridgehead atoms. The van der Waals surface area contributed by atoms with Crippen molar-refractivity contribution in [1.82, 2.24) is 26.6 Å². The van der Waals surface area contributed by atoms with Gasteiger partial charge < -0.3 is 47.3 Å². The van der Waals surface area contributed by atoms with Gasteiger partial charge in [0.05, 0.1) is 24.7 Å². The molecule has 1 saturated heterocycles. The van der Waals surface area contributed by atoms with Gasteiger partial charge in [0, 0.05) is 13.0 Å². The first-order valence-corrected chi connectivity index (χ1v) is 18.7. The maximum Gasteiger partial charge on any atom is 0.336 e. The standard InChI is InChI=1S/C39H58N6O8/c1-26(2)21-33(45-37(50)34(23-28-13-7-4-8-14-28)44-35(48)31(40)22-27-11-5-3-6-12-27)36(49)43-32(15-9-10-18-42-24-30(47)25-46)39(52)53-38(51)29-16-19-41-20-17-29/h3-8,11-14,26,29-34,41-42,46-47H,9-10,15-25,40H2,1-2H3,(H,43,49)(H,44,48)(H,45,50)/t30-,31-,32-,33-,34-/m1/s1. The highest BCUT2D eigenvalue weighted by molar-refractivity contribution is 5.96. The largest absolute Gasteiger partial charge is 0.394 e. The normalized spacial score (nSPS) is 16.1. The van der Waals surface area contributed by atoms with Crippen LogP contribution in [0.4, 0.5) is 0 Å². The van der Waals surface area contributed by atoms with Crippen LogP contribution in [0.3, 0.4) is 0 Å². The zero-order valence-electron chi connectivity index (χ0n) is 30.9. The summed E-state index contributed by atoms with van der Waals surface area (Å²) in [5.74, 6) is -3.71. The lowest BCUT2D eigenvalue weighted by molar-refractivity contribution is -0.165. The number of ether oxygens (including phenoxy) is 1. The number of aliphatic hydroxyl groups is 2. The molecule has 9 N–H and O–H groups in total. The molecule has 0 aromatic heterocycles. The van der Waals surface area contributed by atoms with Crippen LogP contribution >= 0.6 is 0 Å². The van der Waals surface area contributed by atoms with E-state index in [0.29, 0.717) is 45.3 Å². The van der Waals surface area contributed by atoms with Crippen molar-refractivity contribution < 1.29 is 38.9 Å². The molecule has 1 fully saturated rings. The van der Waals surface area contributed by atoms with Gasteiger partial charge in [0.25, 0.3) is 0 Å². The SMILES string of the molecule is CC(C)C[C@@H](NC(=O)[C@@H](Cc1ccccc1)NC(=O)[C@H](N)Cc1ccccc1)C(=O)N[C@H](CCCCNC[C@@H](O)CO)C(=O)OC(=O)C1CCNCC1. The molecule has 14 nitrogen and oxygen atoms in total. The van der Waals surface area contributed by atoms with Crippen LogP contribution in [0.25, 0.3) is 0 Å². The fourth-order valence-electron chi connectivity index (χ4n) is 6.04. The first-order chi connectivity index (χ1) is 25.5. The Hall–Kier alpha value is -4.21. The minimum Gasteiger partial charge on any atom is -0.394 e. The van der Waals surface area contributed by atoms with Gasteiger partial charge in [-0.05, 0) is 81.6 Å². The molecule has 14 heteroatoms. The van der Waals surface area contributed by atoms with Gasteiger partial charge in [-0.2, -0.15) is 0 Å². The molecule has 53 heavy (non-hydrogen) atoms. The molecule has 1 aliphatic heterocycles. The van der Waals surface area contributed by atoms with E-state index in [2.05, 4.69) is 26.6 Å². The monoisotopic (exact) mass is 738 g/mol. The van der Waals surface area contributed by atoms with E-state index in [1.54, 1.807) is 0 Å². The van der Waals surface area contributed by atoms with E-state index in [1.807, 2.05) is 74.5 Å². The number of hydrogen-bond acceptors (Lipinski definition) is 11. The van der Waals surface area contributed by atoms with Crippen molar-refractivity contribution in [3.8, 4) is 0 Å². The predicted octanol–water partition coefficient (Wildman–Crippen LogP) is 0.482. The molecule has 1 heterocycles. The van der Waals surface area contributed by atoms with Crippen LogP contribution in [-0.4, -0.2) is 103 Å². The van der Waals surface area contributed by atoms with Crippen molar-refractivity contribution in [3.05, 3.63) is 71.8 Å². The summed E-state index contributed by atoms with van der Waals surface area (Å²) in [7, 11) is 0. The van der Waals surface area contributed by atoms with Gasteiger partial charge in [0.15, 0.2) is 0 Å². The maximum atomic E-state index is 13.9. The maximum absolute atomic E-state index is 13.9. The molecule has 0 unspecified atom stereocenters. The van der Waals surface area contributed by atoms with Crippen LogP contribution in [0, 0.1) is 11.8 Å². The molecule has 5 atom stereocenters. The second-order valence-corrected chi connectivity index (χ2v) is 14.1. The zero-order chi connectivity index (χ0) is 38.6. The lowest BCUT2D eigenvalue weighted by atomic mass is 9.98. The van der Waals surface area contributed by atoms with Gasteiger partial charge in [-0.3, -0.25) is 19.2 Å². The highest BCUT2D eigenvalue weighted by Crippen LogP contribution is 2.16. The number of hydrogen-bond donors (Lipinski definition) is 8. The number of esters is 2. The number of nitrogens with two attached hydrogens (primary N) is 1. The van der Waals surface area contributed by atoms with Gasteiger partial charge >= 0.3 is 11.9 Å². The quantitative estimate of drug-likeness (QED) is 0.0472. The third-order valence-electron chi connectivity index (χ3n) is 9.05. The van der Waals surface area contributed by atoms with Gasteiger partial charge in [-0.25, -0.2) is 4.79 Å². The number of aliphatic hydroxyl groups excluding tert-OH is 2. The van der Waals surface area contributed by atoms with Crippen molar-refractivity contribution in [1.29, 1.82) is 0 Å². The summed E-state index contributed by atoms with van der Waals surface area (Å²) in [5, 5.41) is 33.1. The van der Waals surface area contributed by atoms with Crippen LogP contribution in [0.1, 0.15) is 63.5 Å². The summed E-state index contributed by atoms with van der Waals surface area (Å²) in [6.07, 6.45) is 2.00. The third-order valence-corrected chi connectivity index (χ3v) is 9.05. The first kappa shape index (κ1) is 43.2. The Labute approximate surface area is 312 Å². The number of benzene rings is 2. The Morgan fingerprint density at radius 1 is 0.811 bits per heavy atom. The van der Waals surface area contributed by atoms with Crippen molar-refractivity contribution in [3.63, 3.8) is 0 Å². The fourth-order valence-corrected chi connectivity index (χ4v) is 6.04. The molecule has 1 aliphatic rings. The zero-order valence-corrected chi connectivity index (χ0v) is 30.9. The molecular weight excluding hydrogens is 680 g/mol. The summed E-state index contributed by atoms with van der Waals surface area (Å²) in [6.45, 7) is 5.36. The van der Waals surface area contributed by atoms with E-state index < -0.39 is 65.8 Å². The summed E-state index contributed by atoms with van der Waals surface area (Å²) < 4.78 is 5.29. The molecule has 2 aromatic carbocycles. The van der Waals surface area contributed by atoms with Crippen molar-refractivity contribution in [2.75, 3.05) is 32.8 Å². The molecule has 0 saturated carbocycles. The number of piperidine rings is 1. The molecule has 2 aromatic rings. The number of nitrogens with one attached hydrogen (secondary N) is 5. The number of carbonyl (C=O) groups excluding carboxylic acids is 5. The Kier molecular flexibility index (Phi) is 19.1. The molecule has 0 aliphatic carbocycles. The summed E-state index contributed by atoms with van der Waals surface area (Å²) >= 11 is 0. The molecule has 3 amide bonds. The number of rotatable bonds is 22. The van der Waals surface area contributed by atoms with E-state index >= 15 is 0 Å². The average molecular weight is 739 g/mol. The fraction of sp³-hybridized carbons (Fsp3) is 0.564. The van der Waals surface area contributed by atoms with Crippen LogP contribution in [-0.2, 0) is 41.6 Å². The third kappa shape index (κ3) is 16.1.